The molecule has 2 aliphatic rings. The molecule has 0 aromatic heterocycles. The molecular formula is C34H49FN2O6. The largest absolute Gasteiger partial charge is 0.447 e. The van der Waals surface area contributed by atoms with Gasteiger partial charge in [-0.25, -0.2) is 9.18 Å². The van der Waals surface area contributed by atoms with E-state index < -0.39 is 65.2 Å². The Balaban J connectivity index is 1.82. The number of likely N-dealkylation sites (tertiary alicyclic amines) is 1. The van der Waals surface area contributed by atoms with Crippen LogP contribution >= 0.6 is 0 Å². The number of ether oxygens (including phenoxy) is 1. The van der Waals surface area contributed by atoms with E-state index >= 15 is 0 Å². The van der Waals surface area contributed by atoms with Gasteiger partial charge in [0.15, 0.2) is 11.6 Å². The minimum atomic E-state index is -1.14. The van der Waals surface area contributed by atoms with Crippen molar-refractivity contribution in [1.82, 2.24) is 10.2 Å². The van der Waals surface area contributed by atoms with Crippen LogP contribution in [0.4, 0.5) is 9.18 Å². The molecule has 9 heteroatoms. The van der Waals surface area contributed by atoms with E-state index in [-0.39, 0.29) is 37.0 Å². The Morgan fingerprint density at radius 2 is 1.65 bits per heavy atom. The number of nitrogens with one attached hydrogen (secondary N) is 1. The molecule has 1 N–H and O–H groups in total. The Hall–Kier alpha value is -3.10. The number of carbonyl (C=O) groups excluding carboxylic acids is 5. The van der Waals surface area contributed by atoms with Crippen molar-refractivity contribution in [3.05, 3.63) is 35.9 Å². The summed E-state index contributed by atoms with van der Waals surface area (Å²) in [5, 5.41) is 2.67. The van der Waals surface area contributed by atoms with Crippen molar-refractivity contribution in [3.63, 3.8) is 0 Å². The molecule has 1 saturated heterocycles. The molecule has 1 aliphatic heterocycles. The number of fused-ring (bicyclic) bond motifs is 1. The molecule has 2 fully saturated rings. The first-order valence-electron chi connectivity index (χ1n) is 15.7. The topological polar surface area (TPSA) is 110 Å². The molecule has 3 rings (SSSR count). The SMILES string of the molecule is CCCC(CC(=O)[C@@H]1[C@H]2CC[C@H](F)[C@H]2CN1C(=O)[C@@H](NC(=O)OC(C)C)C(C)(C)C)C(=O)C(=O)C[C@@H](C)c1ccccc1. The highest BCUT2D eigenvalue weighted by atomic mass is 19.1. The lowest BCUT2D eigenvalue weighted by Crippen LogP contribution is -2.57. The van der Waals surface area contributed by atoms with Gasteiger partial charge in [0.1, 0.15) is 12.2 Å². The number of halogens is 1. The third-order valence-electron chi connectivity index (χ3n) is 8.86. The molecule has 7 atom stereocenters. The van der Waals surface area contributed by atoms with Crippen LogP contribution in [-0.4, -0.2) is 65.2 Å². The maximum Gasteiger partial charge on any atom is 0.408 e. The fraction of sp³-hybridized carbons (Fsp3) is 0.676. The van der Waals surface area contributed by atoms with E-state index in [1.54, 1.807) is 34.6 Å². The van der Waals surface area contributed by atoms with Gasteiger partial charge in [-0.1, -0.05) is 71.4 Å². The van der Waals surface area contributed by atoms with Gasteiger partial charge < -0.3 is 15.0 Å². The number of carbonyl (C=O) groups is 5. The number of benzene rings is 1. The Labute approximate surface area is 255 Å². The molecule has 0 spiro atoms. The minimum Gasteiger partial charge on any atom is -0.447 e. The van der Waals surface area contributed by atoms with Crippen molar-refractivity contribution in [2.45, 2.75) is 117 Å². The minimum absolute atomic E-state index is 0.0466. The van der Waals surface area contributed by atoms with Gasteiger partial charge in [-0.15, -0.1) is 0 Å². The van der Waals surface area contributed by atoms with Gasteiger partial charge >= 0.3 is 6.09 Å². The Morgan fingerprint density at radius 3 is 2.23 bits per heavy atom. The number of alkyl halides is 1. The van der Waals surface area contributed by atoms with E-state index in [1.165, 1.54) is 4.90 Å². The summed E-state index contributed by atoms with van der Waals surface area (Å²) in [6, 6.07) is 7.56. The third-order valence-corrected chi connectivity index (χ3v) is 8.86. The summed E-state index contributed by atoms with van der Waals surface area (Å²) >= 11 is 0. The first-order valence-corrected chi connectivity index (χ1v) is 15.7. The molecule has 0 bridgehead atoms. The predicted octanol–water partition coefficient (Wildman–Crippen LogP) is 5.82. The first kappa shape index (κ1) is 34.4. The second kappa shape index (κ2) is 14.6. The van der Waals surface area contributed by atoms with Crippen molar-refractivity contribution in [2.24, 2.45) is 23.2 Å². The highest BCUT2D eigenvalue weighted by molar-refractivity contribution is 6.38. The molecule has 8 nitrogen and oxygen atoms in total. The van der Waals surface area contributed by atoms with Crippen LogP contribution in [0.15, 0.2) is 30.3 Å². The van der Waals surface area contributed by atoms with E-state index in [0.717, 1.165) is 5.56 Å². The van der Waals surface area contributed by atoms with Crippen LogP contribution in [-0.2, 0) is 23.9 Å². The number of hydrogen-bond acceptors (Lipinski definition) is 6. The standard InChI is InChI=1S/C34H49FN2O6/c1-8-12-23(30(40)28(39)17-21(4)22-13-10-9-11-14-22)18-27(38)29-24-15-16-26(35)25(24)19-37(29)32(41)31(34(5,6)7)36-33(42)43-20(2)3/h9-11,13-14,20-21,23-26,29,31H,8,12,15-19H2,1-7H3,(H,36,42)/t21-,23?,24+,25+,26+,29+,31-/m1/s1. The Morgan fingerprint density at radius 1 is 1.00 bits per heavy atom. The van der Waals surface area contributed by atoms with E-state index in [2.05, 4.69) is 5.32 Å². The van der Waals surface area contributed by atoms with E-state index in [4.69, 9.17) is 4.74 Å². The van der Waals surface area contributed by atoms with Gasteiger partial charge in [-0.3, -0.25) is 19.2 Å². The lowest BCUT2D eigenvalue weighted by molar-refractivity contribution is -0.144. The van der Waals surface area contributed by atoms with Gasteiger partial charge in [-0.2, -0.15) is 0 Å². The molecule has 238 valence electrons. The van der Waals surface area contributed by atoms with Crippen LogP contribution in [0.3, 0.4) is 0 Å². The van der Waals surface area contributed by atoms with Gasteiger partial charge in [0.25, 0.3) is 0 Å². The van der Waals surface area contributed by atoms with Crippen molar-refractivity contribution < 1.29 is 33.1 Å². The summed E-state index contributed by atoms with van der Waals surface area (Å²) in [4.78, 5) is 68.5. The number of Topliss-reactive ketones (excluding diaryl/α,β-unsaturated/α-hetero) is 3. The highest BCUT2D eigenvalue weighted by Crippen LogP contribution is 2.45. The van der Waals surface area contributed by atoms with Crippen LogP contribution in [0.2, 0.25) is 0 Å². The zero-order valence-electron chi connectivity index (χ0n) is 26.7. The fourth-order valence-electron chi connectivity index (χ4n) is 6.63. The lowest BCUT2D eigenvalue weighted by atomic mass is 9.82. The second-order valence-corrected chi connectivity index (χ2v) is 13.7. The first-order chi connectivity index (χ1) is 20.1. The summed E-state index contributed by atoms with van der Waals surface area (Å²) in [6.45, 7) is 12.7. The molecule has 1 heterocycles. The maximum atomic E-state index is 15.0. The summed E-state index contributed by atoms with van der Waals surface area (Å²) in [5.41, 5.74) is 0.231. The van der Waals surface area contributed by atoms with Crippen LogP contribution in [0.5, 0.6) is 0 Å². The van der Waals surface area contributed by atoms with Crippen molar-refractivity contribution in [1.29, 1.82) is 0 Å². The number of nitrogens with zero attached hydrogens (tertiary/aromatic N) is 1. The van der Waals surface area contributed by atoms with E-state index in [9.17, 15) is 28.4 Å². The van der Waals surface area contributed by atoms with Crippen molar-refractivity contribution in [2.75, 3.05) is 6.54 Å². The molecule has 43 heavy (non-hydrogen) atoms. The number of amides is 2. The summed E-state index contributed by atoms with van der Waals surface area (Å²) in [6.07, 6.45) is -0.680. The van der Waals surface area contributed by atoms with Crippen LogP contribution in [0.1, 0.15) is 98.5 Å². The molecule has 1 aromatic carbocycles. The number of alkyl carbamates (subject to hydrolysis) is 1. The average molecular weight is 601 g/mol. The lowest BCUT2D eigenvalue weighted by Gasteiger charge is -2.36. The molecule has 2 amide bonds. The normalized spacial score (nSPS) is 23.8. The average Bonchev–Trinajstić information content (AvgIpc) is 3.49. The number of hydrogen-bond donors (Lipinski definition) is 1. The van der Waals surface area contributed by atoms with Gasteiger partial charge in [-0.05, 0) is 55.9 Å². The summed E-state index contributed by atoms with van der Waals surface area (Å²) in [5.74, 6) is -3.69. The monoisotopic (exact) mass is 600 g/mol. The fourth-order valence-corrected chi connectivity index (χ4v) is 6.63. The number of rotatable bonds is 13. The molecule has 0 radical (unpaired) electrons. The van der Waals surface area contributed by atoms with E-state index in [0.29, 0.717) is 25.7 Å². The number of ketones is 3. The van der Waals surface area contributed by atoms with Crippen LogP contribution in [0, 0.1) is 23.2 Å². The Kier molecular flexibility index (Phi) is 11.7. The molecule has 1 aliphatic carbocycles. The molecule has 1 aromatic rings. The summed E-state index contributed by atoms with van der Waals surface area (Å²) in [7, 11) is 0. The molecular weight excluding hydrogens is 551 g/mol. The highest BCUT2D eigenvalue weighted by Gasteiger charge is 2.55. The molecule has 1 unspecified atom stereocenters. The third kappa shape index (κ3) is 8.51. The molecule has 1 saturated carbocycles. The van der Waals surface area contributed by atoms with Gasteiger partial charge in [0, 0.05) is 31.2 Å². The zero-order valence-corrected chi connectivity index (χ0v) is 26.7. The Bertz CT molecular complexity index is 1160. The zero-order chi connectivity index (χ0) is 32.1. The quantitative estimate of drug-likeness (QED) is 0.286. The van der Waals surface area contributed by atoms with E-state index in [1.807, 2.05) is 44.2 Å². The van der Waals surface area contributed by atoms with Gasteiger partial charge in [0.2, 0.25) is 11.7 Å². The van der Waals surface area contributed by atoms with Gasteiger partial charge in [0.05, 0.1) is 12.1 Å². The maximum absolute atomic E-state index is 15.0. The smallest absolute Gasteiger partial charge is 0.408 e. The van der Waals surface area contributed by atoms with Crippen LogP contribution < -0.4 is 5.32 Å². The predicted molar refractivity (Wildman–Crippen MR) is 162 cm³/mol. The van der Waals surface area contributed by atoms with Crippen molar-refractivity contribution in [3.8, 4) is 0 Å². The van der Waals surface area contributed by atoms with Crippen molar-refractivity contribution >= 4 is 29.4 Å². The second-order valence-electron chi connectivity index (χ2n) is 13.7. The summed E-state index contributed by atoms with van der Waals surface area (Å²) < 4.78 is 20.2. The van der Waals surface area contributed by atoms with Crippen LogP contribution in [0.25, 0.3) is 0 Å².